The van der Waals surface area contributed by atoms with Crippen molar-refractivity contribution < 1.29 is 27.6 Å². The van der Waals surface area contributed by atoms with Gasteiger partial charge in [0.2, 0.25) is 5.91 Å². The molecule has 9 heteroatoms. The molecule has 2 atom stereocenters. The van der Waals surface area contributed by atoms with Gasteiger partial charge in [0.25, 0.3) is 5.91 Å². The maximum absolute atomic E-state index is 12.8. The van der Waals surface area contributed by atoms with Crippen molar-refractivity contribution in [1.29, 1.82) is 0 Å². The second kappa shape index (κ2) is 6.62. The van der Waals surface area contributed by atoms with Crippen LogP contribution in [0.25, 0.3) is 0 Å². The Hall–Kier alpha value is -2.58. The van der Waals surface area contributed by atoms with Crippen LogP contribution in [0.5, 0.6) is 0 Å². The Morgan fingerprint density at radius 3 is 2.54 bits per heavy atom. The highest BCUT2D eigenvalue weighted by molar-refractivity contribution is 6.07. The summed E-state index contributed by atoms with van der Waals surface area (Å²) in [5.41, 5.74) is -0.432. The Balaban J connectivity index is 1.77. The normalized spacial score (nSPS) is 24.2. The molecule has 6 nitrogen and oxygen atoms in total. The number of rotatable bonds is 3. The maximum Gasteiger partial charge on any atom is 0.416 e. The first-order chi connectivity index (χ1) is 12.2. The number of nitrogens with one attached hydrogen (secondary N) is 1. The minimum absolute atomic E-state index is 0.00153. The second-order valence-electron chi connectivity index (χ2n) is 6.50. The van der Waals surface area contributed by atoms with Gasteiger partial charge < -0.3 is 10.2 Å². The first-order valence-electron chi connectivity index (χ1n) is 8.27. The first-order valence-corrected chi connectivity index (χ1v) is 8.27. The Labute approximate surface area is 147 Å². The van der Waals surface area contributed by atoms with Crippen LogP contribution < -0.4 is 5.32 Å². The minimum atomic E-state index is -4.46. The third-order valence-corrected chi connectivity index (χ3v) is 4.61. The number of benzene rings is 1. The lowest BCUT2D eigenvalue weighted by molar-refractivity contribution is -0.145. The maximum atomic E-state index is 12.8. The van der Waals surface area contributed by atoms with Gasteiger partial charge >= 0.3 is 12.2 Å². The molecule has 2 heterocycles. The van der Waals surface area contributed by atoms with Gasteiger partial charge in [-0.3, -0.25) is 9.59 Å². The van der Waals surface area contributed by atoms with Gasteiger partial charge in [0, 0.05) is 13.1 Å². The number of hydrogen-bond acceptors (Lipinski definition) is 3. The molecule has 4 amide bonds. The summed E-state index contributed by atoms with van der Waals surface area (Å²) in [6.45, 7) is 1.90. The molecule has 1 aromatic rings. The van der Waals surface area contributed by atoms with E-state index in [9.17, 15) is 27.6 Å². The smallest absolute Gasteiger partial charge is 0.337 e. The number of urea groups is 1. The molecule has 0 bridgehead atoms. The molecular formula is C17H18F3N3O3. The number of alkyl halides is 3. The zero-order valence-corrected chi connectivity index (χ0v) is 14.0. The fourth-order valence-corrected chi connectivity index (χ4v) is 3.30. The Morgan fingerprint density at radius 2 is 1.92 bits per heavy atom. The van der Waals surface area contributed by atoms with Gasteiger partial charge in [-0.15, -0.1) is 0 Å². The van der Waals surface area contributed by atoms with Crippen LogP contribution in [0.4, 0.5) is 18.0 Å². The number of amides is 4. The van der Waals surface area contributed by atoms with E-state index >= 15 is 0 Å². The lowest BCUT2D eigenvalue weighted by Crippen LogP contribution is -2.54. The summed E-state index contributed by atoms with van der Waals surface area (Å²) < 4.78 is 38.5. The average molecular weight is 369 g/mol. The van der Waals surface area contributed by atoms with Crippen LogP contribution in [0.2, 0.25) is 0 Å². The topological polar surface area (TPSA) is 69.7 Å². The van der Waals surface area contributed by atoms with Crippen molar-refractivity contribution in [2.45, 2.75) is 44.6 Å². The molecule has 2 aliphatic rings. The molecule has 0 radical (unpaired) electrons. The average Bonchev–Trinajstić information content (AvgIpc) is 2.82. The van der Waals surface area contributed by atoms with Crippen molar-refractivity contribution in [2.75, 3.05) is 6.54 Å². The SMILES string of the molecule is C[C@@H]1NC(=O)N([C@@H]2CCCN(Cc3cccc(C(F)(F)F)c3)C2=O)C1=O. The standard InChI is InChI=1S/C17H18F3N3O3/c1-10-14(24)23(16(26)21-10)13-6-3-7-22(15(13)25)9-11-4-2-5-12(8-11)17(18,19)20/h2,4-5,8,10,13H,3,6-7,9H2,1H3,(H,21,26)/t10-,13+/m0/s1. The molecule has 0 unspecified atom stereocenters. The van der Waals surface area contributed by atoms with E-state index in [-0.39, 0.29) is 6.54 Å². The third-order valence-electron chi connectivity index (χ3n) is 4.61. The Morgan fingerprint density at radius 1 is 1.19 bits per heavy atom. The van der Waals surface area contributed by atoms with Crippen LogP contribution >= 0.6 is 0 Å². The summed E-state index contributed by atoms with van der Waals surface area (Å²) in [6, 6.07) is 2.58. The zero-order valence-electron chi connectivity index (χ0n) is 14.0. The predicted molar refractivity (Wildman–Crippen MR) is 84.7 cm³/mol. The molecule has 1 N–H and O–H groups in total. The third kappa shape index (κ3) is 3.38. The quantitative estimate of drug-likeness (QED) is 0.830. The van der Waals surface area contributed by atoms with E-state index in [4.69, 9.17) is 0 Å². The molecule has 3 rings (SSSR count). The summed E-state index contributed by atoms with van der Waals surface area (Å²) in [6.07, 6.45) is -3.55. The Bertz CT molecular complexity index is 750. The fraction of sp³-hybridized carbons (Fsp3) is 0.471. The van der Waals surface area contributed by atoms with Crippen molar-refractivity contribution in [1.82, 2.24) is 15.1 Å². The summed E-state index contributed by atoms with van der Waals surface area (Å²) in [5, 5.41) is 2.46. The van der Waals surface area contributed by atoms with Crippen molar-refractivity contribution in [3.63, 3.8) is 0 Å². The molecule has 0 aliphatic carbocycles. The van der Waals surface area contributed by atoms with Crippen LogP contribution in [-0.4, -0.2) is 46.3 Å². The van der Waals surface area contributed by atoms with Gasteiger partial charge in [-0.2, -0.15) is 13.2 Å². The number of halogens is 3. The lowest BCUT2D eigenvalue weighted by Gasteiger charge is -2.35. The molecule has 2 fully saturated rings. The van der Waals surface area contributed by atoms with Gasteiger partial charge in [-0.05, 0) is 37.5 Å². The highest BCUT2D eigenvalue weighted by atomic mass is 19.4. The monoisotopic (exact) mass is 369 g/mol. The van der Waals surface area contributed by atoms with Crippen LogP contribution in [0.3, 0.4) is 0 Å². The molecule has 2 saturated heterocycles. The van der Waals surface area contributed by atoms with Crippen LogP contribution in [-0.2, 0) is 22.3 Å². The number of likely N-dealkylation sites (tertiary alicyclic amines) is 1. The lowest BCUT2D eigenvalue weighted by atomic mass is 10.0. The van der Waals surface area contributed by atoms with Gasteiger partial charge in [0.1, 0.15) is 12.1 Å². The van der Waals surface area contributed by atoms with E-state index in [1.54, 1.807) is 0 Å². The van der Waals surface area contributed by atoms with E-state index in [0.717, 1.165) is 17.0 Å². The summed E-state index contributed by atoms with van der Waals surface area (Å²) in [7, 11) is 0. The highest BCUT2D eigenvalue weighted by Gasteiger charge is 2.45. The van der Waals surface area contributed by atoms with Gasteiger partial charge in [0.05, 0.1) is 5.56 Å². The van der Waals surface area contributed by atoms with Gasteiger partial charge in [-0.25, -0.2) is 9.69 Å². The second-order valence-corrected chi connectivity index (χ2v) is 6.50. The molecule has 2 aliphatic heterocycles. The Kier molecular flexibility index (Phi) is 4.64. The van der Waals surface area contributed by atoms with E-state index < -0.39 is 41.7 Å². The number of piperidine rings is 1. The van der Waals surface area contributed by atoms with Crippen LogP contribution in [0.1, 0.15) is 30.9 Å². The summed E-state index contributed by atoms with van der Waals surface area (Å²) in [5.74, 6) is -0.888. The summed E-state index contributed by atoms with van der Waals surface area (Å²) in [4.78, 5) is 39.1. The number of nitrogens with zero attached hydrogens (tertiary/aromatic N) is 2. The van der Waals surface area contributed by atoms with E-state index in [2.05, 4.69) is 5.32 Å². The molecule has 26 heavy (non-hydrogen) atoms. The number of imide groups is 1. The number of carbonyl (C=O) groups is 3. The van der Waals surface area contributed by atoms with Crippen molar-refractivity contribution in [3.05, 3.63) is 35.4 Å². The van der Waals surface area contributed by atoms with Crippen LogP contribution in [0.15, 0.2) is 24.3 Å². The van der Waals surface area contributed by atoms with E-state index in [0.29, 0.717) is 24.9 Å². The highest BCUT2D eigenvalue weighted by Crippen LogP contribution is 2.30. The molecule has 140 valence electrons. The molecule has 0 saturated carbocycles. The minimum Gasteiger partial charge on any atom is -0.337 e. The molecular weight excluding hydrogens is 351 g/mol. The fourth-order valence-electron chi connectivity index (χ4n) is 3.30. The molecule has 0 spiro atoms. The van der Waals surface area contributed by atoms with E-state index in [1.807, 2.05) is 0 Å². The van der Waals surface area contributed by atoms with Crippen molar-refractivity contribution in [3.8, 4) is 0 Å². The zero-order chi connectivity index (χ0) is 19.1. The van der Waals surface area contributed by atoms with Crippen molar-refractivity contribution >= 4 is 17.8 Å². The molecule has 1 aromatic carbocycles. The largest absolute Gasteiger partial charge is 0.416 e. The number of hydrogen-bond donors (Lipinski definition) is 1. The van der Waals surface area contributed by atoms with E-state index in [1.165, 1.54) is 24.0 Å². The van der Waals surface area contributed by atoms with Gasteiger partial charge in [-0.1, -0.05) is 12.1 Å². The first kappa shape index (κ1) is 18.2. The number of carbonyl (C=O) groups excluding carboxylic acids is 3. The summed E-state index contributed by atoms with van der Waals surface area (Å²) >= 11 is 0. The molecule has 0 aromatic heterocycles. The van der Waals surface area contributed by atoms with Crippen molar-refractivity contribution in [2.24, 2.45) is 0 Å². The van der Waals surface area contributed by atoms with Crippen LogP contribution in [0, 0.1) is 0 Å². The predicted octanol–water partition coefficient (Wildman–Crippen LogP) is 2.14. The van der Waals surface area contributed by atoms with Gasteiger partial charge in [0.15, 0.2) is 0 Å².